The molecule has 2 aromatic rings. The van der Waals surface area contributed by atoms with Crippen molar-refractivity contribution in [1.82, 2.24) is 0 Å². The Morgan fingerprint density at radius 3 is 2.06 bits per heavy atom. The molecule has 1 nitrogen and oxygen atoms in total. The molecule has 0 aliphatic carbocycles. The number of hydrogen-bond acceptors (Lipinski definition) is 1. The average Bonchev–Trinajstić information content (AvgIpc) is 2.40. The first-order chi connectivity index (χ1) is 8.40. The minimum atomic E-state index is 1.01. The Hall–Kier alpha value is -1.89. The van der Waals surface area contributed by atoms with Crippen molar-refractivity contribution in [3.63, 3.8) is 0 Å². The lowest BCUT2D eigenvalue weighted by Gasteiger charge is -2.05. The third-order valence-corrected chi connectivity index (χ3v) is 2.61. The third-order valence-electron chi connectivity index (χ3n) is 2.61. The largest absolute Gasteiger partial charge is 0.253 e. The summed E-state index contributed by atoms with van der Waals surface area (Å²) in [5.74, 6) is 0. The van der Waals surface area contributed by atoms with Crippen LogP contribution in [0.4, 0.5) is 5.69 Å². The number of nitrogens with zero attached hydrogens (tertiary/aromatic N) is 1. The van der Waals surface area contributed by atoms with Gasteiger partial charge in [0, 0.05) is 5.71 Å². The molecule has 0 N–H and O–H groups in total. The summed E-state index contributed by atoms with van der Waals surface area (Å²) in [7, 11) is 0. The summed E-state index contributed by atoms with van der Waals surface area (Å²) < 4.78 is 0. The van der Waals surface area contributed by atoms with E-state index in [0.29, 0.717) is 0 Å². The van der Waals surface area contributed by atoms with Crippen LogP contribution >= 0.6 is 0 Å². The van der Waals surface area contributed by atoms with E-state index in [1.807, 2.05) is 36.4 Å². The van der Waals surface area contributed by atoms with Gasteiger partial charge in [-0.05, 0) is 24.1 Å². The van der Waals surface area contributed by atoms with Crippen LogP contribution in [0.3, 0.4) is 0 Å². The summed E-state index contributed by atoms with van der Waals surface area (Å²) in [6, 6.07) is 20.5. The molecular formula is C16H17N. The molecule has 17 heavy (non-hydrogen) atoms. The van der Waals surface area contributed by atoms with Gasteiger partial charge < -0.3 is 0 Å². The van der Waals surface area contributed by atoms with E-state index in [1.54, 1.807) is 0 Å². The number of aliphatic imine (C=N–C) groups is 1. The van der Waals surface area contributed by atoms with Crippen molar-refractivity contribution in [2.24, 2.45) is 4.99 Å². The molecule has 0 atom stereocenters. The molecule has 0 spiro atoms. The molecule has 2 rings (SSSR count). The van der Waals surface area contributed by atoms with Crippen LogP contribution in [0.15, 0.2) is 65.7 Å². The van der Waals surface area contributed by atoms with E-state index in [9.17, 15) is 0 Å². The lowest BCUT2D eigenvalue weighted by molar-refractivity contribution is 0.992. The number of benzene rings is 2. The van der Waals surface area contributed by atoms with Gasteiger partial charge in [0.05, 0.1) is 5.69 Å². The van der Waals surface area contributed by atoms with Gasteiger partial charge in [-0.15, -0.1) is 0 Å². The van der Waals surface area contributed by atoms with Gasteiger partial charge >= 0.3 is 0 Å². The Kier molecular flexibility index (Phi) is 4.09. The first-order valence-corrected chi connectivity index (χ1v) is 6.08. The molecule has 1 heteroatoms. The molecule has 0 aliphatic heterocycles. The molecule has 0 aliphatic rings. The van der Waals surface area contributed by atoms with Gasteiger partial charge in [-0.2, -0.15) is 0 Å². The van der Waals surface area contributed by atoms with Crippen LogP contribution in [0.2, 0.25) is 0 Å². The molecule has 0 amide bonds. The summed E-state index contributed by atoms with van der Waals surface area (Å²) in [6.45, 7) is 2.18. The normalized spacial score (nSPS) is 11.5. The summed E-state index contributed by atoms with van der Waals surface area (Å²) in [4.78, 5) is 4.74. The van der Waals surface area contributed by atoms with Crippen molar-refractivity contribution in [2.75, 3.05) is 0 Å². The lowest BCUT2D eigenvalue weighted by atomic mass is 10.1. The van der Waals surface area contributed by atoms with Crippen LogP contribution in [0, 0.1) is 0 Å². The second kappa shape index (κ2) is 6.00. The third kappa shape index (κ3) is 3.28. The van der Waals surface area contributed by atoms with Gasteiger partial charge in [0.2, 0.25) is 0 Å². The van der Waals surface area contributed by atoms with E-state index in [1.165, 1.54) is 11.3 Å². The number of hydrogen-bond donors (Lipinski definition) is 0. The van der Waals surface area contributed by atoms with Crippen LogP contribution < -0.4 is 0 Å². The molecule has 0 radical (unpaired) electrons. The predicted molar refractivity (Wildman–Crippen MR) is 74.0 cm³/mol. The van der Waals surface area contributed by atoms with E-state index < -0.39 is 0 Å². The van der Waals surface area contributed by atoms with Crippen LogP contribution in [0.25, 0.3) is 0 Å². The maximum absolute atomic E-state index is 4.74. The zero-order valence-corrected chi connectivity index (χ0v) is 10.1. The van der Waals surface area contributed by atoms with E-state index in [4.69, 9.17) is 4.99 Å². The van der Waals surface area contributed by atoms with Gasteiger partial charge in [0.1, 0.15) is 0 Å². The van der Waals surface area contributed by atoms with Gasteiger partial charge in [0.15, 0.2) is 0 Å². The standard InChI is InChI=1S/C16H17N/c1-2-9-16(14-10-5-3-6-11-14)17-15-12-7-4-8-13-15/h3-8,10-13H,2,9H2,1H3/b17-16+. The van der Waals surface area contributed by atoms with Crippen molar-refractivity contribution in [1.29, 1.82) is 0 Å². The van der Waals surface area contributed by atoms with Gasteiger partial charge in [-0.3, -0.25) is 4.99 Å². The van der Waals surface area contributed by atoms with Crippen LogP contribution in [0.5, 0.6) is 0 Å². The Morgan fingerprint density at radius 2 is 1.47 bits per heavy atom. The van der Waals surface area contributed by atoms with E-state index in [2.05, 4.69) is 31.2 Å². The van der Waals surface area contributed by atoms with Crippen LogP contribution in [-0.4, -0.2) is 5.71 Å². The van der Waals surface area contributed by atoms with Gasteiger partial charge in [-0.1, -0.05) is 61.9 Å². The monoisotopic (exact) mass is 223 g/mol. The highest BCUT2D eigenvalue weighted by Gasteiger charge is 2.01. The molecular weight excluding hydrogens is 206 g/mol. The van der Waals surface area contributed by atoms with Crippen LogP contribution in [0.1, 0.15) is 25.3 Å². The summed E-state index contributed by atoms with van der Waals surface area (Å²) in [6.07, 6.45) is 2.12. The molecule has 2 aromatic carbocycles. The fourth-order valence-corrected chi connectivity index (χ4v) is 1.79. The molecule has 0 unspecified atom stereocenters. The van der Waals surface area contributed by atoms with Crippen molar-refractivity contribution in [3.05, 3.63) is 66.2 Å². The maximum Gasteiger partial charge on any atom is 0.0633 e. The molecule has 0 saturated carbocycles. The van der Waals surface area contributed by atoms with Crippen molar-refractivity contribution in [2.45, 2.75) is 19.8 Å². The Morgan fingerprint density at radius 1 is 0.882 bits per heavy atom. The SMILES string of the molecule is CCC/C(=N\c1ccccc1)c1ccccc1. The topological polar surface area (TPSA) is 12.4 Å². The summed E-state index contributed by atoms with van der Waals surface area (Å²) in [5.41, 5.74) is 3.41. The van der Waals surface area contributed by atoms with Crippen molar-refractivity contribution in [3.8, 4) is 0 Å². The summed E-state index contributed by atoms with van der Waals surface area (Å²) in [5, 5.41) is 0. The Balaban J connectivity index is 2.33. The van der Waals surface area contributed by atoms with Crippen molar-refractivity contribution < 1.29 is 0 Å². The zero-order chi connectivity index (χ0) is 11.9. The highest BCUT2D eigenvalue weighted by molar-refractivity contribution is 6.01. The zero-order valence-electron chi connectivity index (χ0n) is 10.1. The van der Waals surface area contributed by atoms with Gasteiger partial charge in [0.25, 0.3) is 0 Å². The predicted octanol–water partition coefficient (Wildman–Crippen LogP) is 4.61. The fraction of sp³-hybridized carbons (Fsp3) is 0.188. The fourth-order valence-electron chi connectivity index (χ4n) is 1.79. The minimum Gasteiger partial charge on any atom is -0.253 e. The first-order valence-electron chi connectivity index (χ1n) is 6.08. The van der Waals surface area contributed by atoms with E-state index >= 15 is 0 Å². The lowest BCUT2D eigenvalue weighted by Crippen LogP contribution is -1.99. The minimum absolute atomic E-state index is 1.01. The molecule has 0 saturated heterocycles. The quantitative estimate of drug-likeness (QED) is 0.671. The summed E-state index contributed by atoms with van der Waals surface area (Å²) >= 11 is 0. The van der Waals surface area contributed by atoms with E-state index in [-0.39, 0.29) is 0 Å². The molecule has 0 heterocycles. The molecule has 0 bridgehead atoms. The van der Waals surface area contributed by atoms with Crippen molar-refractivity contribution >= 4 is 11.4 Å². The van der Waals surface area contributed by atoms with Crippen LogP contribution in [-0.2, 0) is 0 Å². The number of para-hydroxylation sites is 1. The average molecular weight is 223 g/mol. The second-order valence-corrected chi connectivity index (χ2v) is 4.01. The van der Waals surface area contributed by atoms with Gasteiger partial charge in [-0.25, -0.2) is 0 Å². The highest BCUT2D eigenvalue weighted by atomic mass is 14.7. The Bertz CT molecular complexity index is 471. The molecule has 0 fully saturated rings. The van der Waals surface area contributed by atoms with E-state index in [0.717, 1.165) is 18.5 Å². The molecule has 86 valence electrons. The smallest absolute Gasteiger partial charge is 0.0633 e. The molecule has 0 aromatic heterocycles. The maximum atomic E-state index is 4.74. The second-order valence-electron chi connectivity index (χ2n) is 4.01. The first kappa shape index (κ1) is 11.6. The number of rotatable bonds is 4. The highest BCUT2D eigenvalue weighted by Crippen LogP contribution is 2.15. The Labute approximate surface area is 103 Å².